The third-order valence-corrected chi connectivity index (χ3v) is 3.21. The maximum atomic E-state index is 5.86. The average molecular weight is 236 g/mol. The van der Waals surface area contributed by atoms with Crippen LogP contribution in [0.15, 0.2) is 12.4 Å². The summed E-state index contributed by atoms with van der Waals surface area (Å²) in [6, 6.07) is 0. The highest BCUT2D eigenvalue weighted by molar-refractivity contribution is 5.28. The molecule has 1 aromatic rings. The Balaban J connectivity index is 1.80. The minimum absolute atomic E-state index is 0.382. The van der Waals surface area contributed by atoms with Crippen LogP contribution in [0.1, 0.15) is 38.3 Å². The standard InChI is InChI=1S/C12H20N4O/c1-9-3-2-4-11(5-9)17-8-10-6-15-12(16-13)7-14-10/h6-7,9,11H,2-5,8,13H2,1H3,(H,15,16). The van der Waals surface area contributed by atoms with Crippen LogP contribution >= 0.6 is 0 Å². The van der Waals surface area contributed by atoms with Gasteiger partial charge in [-0.2, -0.15) is 0 Å². The molecule has 1 heterocycles. The molecular weight excluding hydrogens is 216 g/mol. The number of anilines is 1. The average Bonchev–Trinajstić information content (AvgIpc) is 2.37. The van der Waals surface area contributed by atoms with E-state index < -0.39 is 0 Å². The van der Waals surface area contributed by atoms with Gasteiger partial charge < -0.3 is 10.2 Å². The molecule has 2 rings (SSSR count). The molecular formula is C12H20N4O. The number of ether oxygens (including phenoxy) is 1. The lowest BCUT2D eigenvalue weighted by atomic mass is 9.89. The van der Waals surface area contributed by atoms with Crippen LogP contribution in [-0.4, -0.2) is 16.1 Å². The van der Waals surface area contributed by atoms with Crippen molar-refractivity contribution in [2.45, 2.75) is 45.3 Å². The van der Waals surface area contributed by atoms with Gasteiger partial charge in [-0.25, -0.2) is 10.8 Å². The van der Waals surface area contributed by atoms with Crippen molar-refractivity contribution in [1.29, 1.82) is 0 Å². The molecule has 0 amide bonds. The van der Waals surface area contributed by atoms with E-state index >= 15 is 0 Å². The van der Waals surface area contributed by atoms with E-state index in [0.717, 1.165) is 18.0 Å². The third-order valence-electron chi connectivity index (χ3n) is 3.21. The Labute approximate surface area is 102 Å². The predicted octanol–water partition coefficient (Wildman–Crippen LogP) is 1.86. The van der Waals surface area contributed by atoms with Crippen LogP contribution in [-0.2, 0) is 11.3 Å². The highest BCUT2D eigenvalue weighted by atomic mass is 16.5. The Morgan fingerprint density at radius 2 is 2.29 bits per heavy atom. The number of hydrogen-bond donors (Lipinski definition) is 2. The summed E-state index contributed by atoms with van der Waals surface area (Å²) >= 11 is 0. The summed E-state index contributed by atoms with van der Waals surface area (Å²) in [5.41, 5.74) is 3.30. The second-order valence-corrected chi connectivity index (χ2v) is 4.74. The number of nitrogens with zero attached hydrogens (tertiary/aromatic N) is 2. The Bertz CT molecular complexity index is 341. The summed E-state index contributed by atoms with van der Waals surface area (Å²) in [4.78, 5) is 8.32. The molecule has 0 saturated heterocycles. The molecule has 0 bridgehead atoms. The number of hydrogen-bond acceptors (Lipinski definition) is 5. The van der Waals surface area contributed by atoms with Crippen LogP contribution in [0.2, 0.25) is 0 Å². The molecule has 5 heteroatoms. The highest BCUT2D eigenvalue weighted by Gasteiger charge is 2.19. The van der Waals surface area contributed by atoms with Gasteiger partial charge in [0.15, 0.2) is 5.82 Å². The van der Waals surface area contributed by atoms with Crippen LogP contribution < -0.4 is 11.3 Å². The Kier molecular flexibility index (Phi) is 4.28. The Hall–Kier alpha value is -1.20. The van der Waals surface area contributed by atoms with Gasteiger partial charge in [0.1, 0.15) is 0 Å². The lowest BCUT2D eigenvalue weighted by molar-refractivity contribution is 0.00310. The van der Waals surface area contributed by atoms with Gasteiger partial charge in [-0.05, 0) is 18.8 Å². The van der Waals surface area contributed by atoms with Crippen molar-refractivity contribution >= 4 is 5.82 Å². The summed E-state index contributed by atoms with van der Waals surface area (Å²) in [6.07, 6.45) is 8.62. The minimum Gasteiger partial charge on any atom is -0.372 e. The minimum atomic E-state index is 0.382. The second kappa shape index (κ2) is 5.93. The van der Waals surface area contributed by atoms with Crippen LogP contribution in [0.25, 0.3) is 0 Å². The molecule has 17 heavy (non-hydrogen) atoms. The van der Waals surface area contributed by atoms with E-state index in [1.807, 2.05) is 0 Å². The normalized spacial score (nSPS) is 24.6. The van der Waals surface area contributed by atoms with Gasteiger partial charge in [0.2, 0.25) is 0 Å². The van der Waals surface area contributed by atoms with Gasteiger partial charge in [0, 0.05) is 0 Å². The fourth-order valence-electron chi connectivity index (χ4n) is 2.24. The van der Waals surface area contributed by atoms with Gasteiger partial charge in [-0.1, -0.05) is 19.8 Å². The summed E-state index contributed by atoms with van der Waals surface area (Å²) in [7, 11) is 0. The highest BCUT2D eigenvalue weighted by Crippen LogP contribution is 2.26. The predicted molar refractivity (Wildman–Crippen MR) is 66.1 cm³/mol. The molecule has 0 radical (unpaired) electrons. The fourth-order valence-corrected chi connectivity index (χ4v) is 2.24. The fraction of sp³-hybridized carbons (Fsp3) is 0.667. The molecule has 2 atom stereocenters. The third kappa shape index (κ3) is 3.64. The van der Waals surface area contributed by atoms with E-state index in [-0.39, 0.29) is 0 Å². The van der Waals surface area contributed by atoms with Crippen molar-refractivity contribution in [3.63, 3.8) is 0 Å². The Morgan fingerprint density at radius 1 is 1.41 bits per heavy atom. The van der Waals surface area contributed by atoms with Crippen molar-refractivity contribution in [1.82, 2.24) is 9.97 Å². The lowest BCUT2D eigenvalue weighted by Crippen LogP contribution is -2.21. The number of hydrazine groups is 1. The molecule has 5 nitrogen and oxygen atoms in total. The summed E-state index contributed by atoms with van der Waals surface area (Å²) in [6.45, 7) is 2.83. The van der Waals surface area contributed by atoms with Crippen molar-refractivity contribution in [3.8, 4) is 0 Å². The first-order chi connectivity index (χ1) is 8.28. The number of nitrogens with two attached hydrogens (primary N) is 1. The van der Waals surface area contributed by atoms with Gasteiger partial charge in [-0.15, -0.1) is 0 Å². The molecule has 1 aromatic heterocycles. The summed E-state index contributed by atoms with van der Waals surface area (Å²) in [5, 5.41) is 0. The summed E-state index contributed by atoms with van der Waals surface area (Å²) < 4.78 is 5.86. The van der Waals surface area contributed by atoms with Crippen LogP contribution in [0.4, 0.5) is 5.82 Å². The maximum Gasteiger partial charge on any atom is 0.158 e. The zero-order valence-electron chi connectivity index (χ0n) is 10.2. The second-order valence-electron chi connectivity index (χ2n) is 4.74. The molecule has 1 aliphatic carbocycles. The van der Waals surface area contributed by atoms with E-state index in [9.17, 15) is 0 Å². The molecule has 1 fully saturated rings. The Morgan fingerprint density at radius 3 is 2.94 bits per heavy atom. The van der Waals surface area contributed by atoms with Crippen molar-refractivity contribution in [2.75, 3.05) is 5.43 Å². The number of nitrogens with one attached hydrogen (secondary N) is 1. The largest absolute Gasteiger partial charge is 0.372 e. The van der Waals surface area contributed by atoms with Crippen LogP contribution in [0, 0.1) is 5.92 Å². The van der Waals surface area contributed by atoms with Crippen molar-refractivity contribution in [2.24, 2.45) is 11.8 Å². The number of rotatable bonds is 4. The molecule has 0 spiro atoms. The molecule has 94 valence electrons. The smallest absolute Gasteiger partial charge is 0.158 e. The SMILES string of the molecule is CC1CCCC(OCc2cnc(NN)cn2)C1. The molecule has 1 saturated carbocycles. The lowest BCUT2D eigenvalue weighted by Gasteiger charge is -2.26. The molecule has 1 aliphatic rings. The van der Waals surface area contributed by atoms with E-state index in [0.29, 0.717) is 18.5 Å². The van der Waals surface area contributed by atoms with Gasteiger partial charge >= 0.3 is 0 Å². The monoisotopic (exact) mass is 236 g/mol. The molecule has 3 N–H and O–H groups in total. The molecule has 2 unspecified atom stereocenters. The first-order valence-electron chi connectivity index (χ1n) is 6.17. The van der Waals surface area contributed by atoms with E-state index in [1.165, 1.54) is 19.3 Å². The van der Waals surface area contributed by atoms with Crippen LogP contribution in [0.3, 0.4) is 0 Å². The summed E-state index contributed by atoms with van der Waals surface area (Å²) in [5.74, 6) is 6.57. The van der Waals surface area contributed by atoms with Gasteiger partial charge in [-0.3, -0.25) is 4.98 Å². The van der Waals surface area contributed by atoms with Gasteiger partial charge in [0.25, 0.3) is 0 Å². The van der Waals surface area contributed by atoms with Crippen molar-refractivity contribution < 1.29 is 4.74 Å². The number of nitrogen functional groups attached to an aromatic ring is 1. The van der Waals surface area contributed by atoms with E-state index in [2.05, 4.69) is 22.3 Å². The molecule has 0 aromatic carbocycles. The molecule has 0 aliphatic heterocycles. The topological polar surface area (TPSA) is 73.1 Å². The van der Waals surface area contributed by atoms with E-state index in [4.69, 9.17) is 10.6 Å². The first-order valence-corrected chi connectivity index (χ1v) is 6.17. The zero-order valence-corrected chi connectivity index (χ0v) is 10.2. The van der Waals surface area contributed by atoms with E-state index in [1.54, 1.807) is 12.4 Å². The first kappa shape index (κ1) is 12.3. The zero-order chi connectivity index (χ0) is 12.1. The number of aromatic nitrogens is 2. The maximum absolute atomic E-state index is 5.86. The van der Waals surface area contributed by atoms with Crippen molar-refractivity contribution in [3.05, 3.63) is 18.1 Å². The van der Waals surface area contributed by atoms with Crippen LogP contribution in [0.5, 0.6) is 0 Å². The quantitative estimate of drug-likeness (QED) is 0.616. The van der Waals surface area contributed by atoms with Gasteiger partial charge in [0.05, 0.1) is 30.8 Å².